The van der Waals surface area contributed by atoms with E-state index in [1.165, 1.54) is 17.7 Å². The highest BCUT2D eigenvalue weighted by Crippen LogP contribution is 2.37. The molecule has 0 aliphatic carbocycles. The Morgan fingerprint density at radius 2 is 2.04 bits per heavy atom. The molecule has 0 saturated heterocycles. The van der Waals surface area contributed by atoms with Gasteiger partial charge >= 0.3 is 0 Å². The zero-order chi connectivity index (χ0) is 17.9. The molecule has 0 fully saturated rings. The lowest BCUT2D eigenvalue weighted by molar-refractivity contribution is 0.595. The van der Waals surface area contributed by atoms with Crippen LogP contribution in [-0.2, 0) is 0 Å². The average molecular weight is 345 g/mol. The number of nitrogens with zero attached hydrogens (tertiary/aromatic N) is 2. The fourth-order valence-electron chi connectivity index (χ4n) is 3.50. The standard InChI is InChI=1S/C22H20FN3/c1-2-14-26-15-4-3-5-18(16-6-8-17(23)9-7-16)21(26)19-10-12-24-22-20(19)11-13-25-22/h2,4,6-13,15H,1,3,5,14H2,(H,24,25). The molecule has 1 aliphatic rings. The maximum atomic E-state index is 13.5. The second-order valence-electron chi connectivity index (χ2n) is 6.30. The summed E-state index contributed by atoms with van der Waals surface area (Å²) in [7, 11) is 0. The number of fused-ring (bicyclic) bond motifs is 1. The van der Waals surface area contributed by atoms with Crippen molar-refractivity contribution in [3.63, 3.8) is 0 Å². The van der Waals surface area contributed by atoms with Crippen LogP contribution in [0.15, 0.2) is 73.7 Å². The molecule has 0 saturated carbocycles. The van der Waals surface area contributed by atoms with E-state index in [0.29, 0.717) is 6.54 Å². The summed E-state index contributed by atoms with van der Waals surface area (Å²) in [5.74, 6) is -0.220. The van der Waals surface area contributed by atoms with Crippen LogP contribution in [0, 0.1) is 5.82 Å². The predicted molar refractivity (Wildman–Crippen MR) is 105 cm³/mol. The van der Waals surface area contributed by atoms with Gasteiger partial charge in [0.2, 0.25) is 0 Å². The molecular weight excluding hydrogens is 325 g/mol. The van der Waals surface area contributed by atoms with Gasteiger partial charge in [-0.05, 0) is 48.2 Å². The van der Waals surface area contributed by atoms with Gasteiger partial charge in [0.1, 0.15) is 11.5 Å². The van der Waals surface area contributed by atoms with Crippen LogP contribution >= 0.6 is 0 Å². The topological polar surface area (TPSA) is 31.9 Å². The number of aromatic nitrogens is 2. The number of hydrogen-bond acceptors (Lipinski definition) is 2. The number of hydrogen-bond donors (Lipinski definition) is 1. The highest BCUT2D eigenvalue weighted by atomic mass is 19.1. The Bertz CT molecular complexity index is 996. The zero-order valence-electron chi connectivity index (χ0n) is 14.5. The number of nitrogens with one attached hydrogen (secondary N) is 1. The van der Waals surface area contributed by atoms with E-state index in [1.807, 2.05) is 42.7 Å². The first-order chi connectivity index (χ1) is 12.8. The molecule has 0 spiro atoms. The van der Waals surface area contributed by atoms with Crippen LogP contribution in [0.1, 0.15) is 24.0 Å². The molecule has 4 rings (SSSR count). The van der Waals surface area contributed by atoms with E-state index < -0.39 is 0 Å². The summed E-state index contributed by atoms with van der Waals surface area (Å²) in [4.78, 5) is 9.81. The Morgan fingerprint density at radius 3 is 2.85 bits per heavy atom. The minimum absolute atomic E-state index is 0.220. The lowest BCUT2D eigenvalue weighted by Gasteiger charge is -2.25. The Hall–Kier alpha value is -3.14. The molecule has 0 radical (unpaired) electrons. The number of rotatable bonds is 4. The quantitative estimate of drug-likeness (QED) is 0.645. The number of halogens is 1. The van der Waals surface area contributed by atoms with E-state index in [9.17, 15) is 4.39 Å². The van der Waals surface area contributed by atoms with Gasteiger partial charge in [0, 0.05) is 36.1 Å². The highest BCUT2D eigenvalue weighted by Gasteiger charge is 2.20. The molecule has 0 bridgehead atoms. The molecule has 26 heavy (non-hydrogen) atoms. The van der Waals surface area contributed by atoms with Crippen molar-refractivity contribution in [3.8, 4) is 0 Å². The summed E-state index contributed by atoms with van der Waals surface area (Å²) in [6.07, 6.45) is 11.7. The number of benzene rings is 1. The monoisotopic (exact) mass is 345 g/mol. The molecule has 4 heteroatoms. The fraction of sp³-hybridized carbons (Fsp3) is 0.136. The van der Waals surface area contributed by atoms with Gasteiger partial charge in [0.05, 0.1) is 5.70 Å². The summed E-state index contributed by atoms with van der Waals surface area (Å²) < 4.78 is 13.5. The molecule has 1 aromatic carbocycles. The Morgan fingerprint density at radius 1 is 1.19 bits per heavy atom. The van der Waals surface area contributed by atoms with Crippen molar-refractivity contribution in [2.45, 2.75) is 12.8 Å². The average Bonchev–Trinajstić information content (AvgIpc) is 3.05. The van der Waals surface area contributed by atoms with Gasteiger partial charge in [-0.25, -0.2) is 9.37 Å². The van der Waals surface area contributed by atoms with Crippen LogP contribution in [0.5, 0.6) is 0 Å². The first kappa shape index (κ1) is 16.3. The Balaban J connectivity index is 1.99. The van der Waals surface area contributed by atoms with Crippen LogP contribution in [0.3, 0.4) is 0 Å². The van der Waals surface area contributed by atoms with Crippen LogP contribution in [0.4, 0.5) is 4.39 Å². The number of allylic oxidation sites excluding steroid dienone is 2. The third-order valence-corrected chi connectivity index (χ3v) is 4.65. The van der Waals surface area contributed by atoms with Gasteiger partial charge in [-0.3, -0.25) is 0 Å². The number of pyridine rings is 1. The van der Waals surface area contributed by atoms with Crippen molar-refractivity contribution < 1.29 is 4.39 Å². The van der Waals surface area contributed by atoms with Gasteiger partial charge in [0.15, 0.2) is 0 Å². The fourth-order valence-corrected chi connectivity index (χ4v) is 3.50. The van der Waals surface area contributed by atoms with E-state index in [1.54, 1.807) is 0 Å². The third-order valence-electron chi connectivity index (χ3n) is 4.65. The zero-order valence-corrected chi connectivity index (χ0v) is 14.5. The van der Waals surface area contributed by atoms with Crippen molar-refractivity contribution in [3.05, 3.63) is 90.7 Å². The summed E-state index contributed by atoms with van der Waals surface area (Å²) in [5.41, 5.74) is 5.34. The first-order valence-electron chi connectivity index (χ1n) is 8.73. The number of aromatic amines is 1. The third kappa shape index (κ3) is 2.94. The van der Waals surface area contributed by atoms with E-state index in [2.05, 4.69) is 33.7 Å². The second kappa shape index (κ2) is 7.00. The van der Waals surface area contributed by atoms with Crippen molar-refractivity contribution in [1.82, 2.24) is 14.9 Å². The first-order valence-corrected chi connectivity index (χ1v) is 8.73. The normalized spacial score (nSPS) is 14.7. The van der Waals surface area contributed by atoms with E-state index in [0.717, 1.165) is 40.7 Å². The summed E-state index contributed by atoms with van der Waals surface area (Å²) in [6.45, 7) is 4.61. The molecule has 3 aromatic rings. The van der Waals surface area contributed by atoms with E-state index in [-0.39, 0.29) is 5.82 Å². The molecular formula is C22H20FN3. The molecule has 0 amide bonds. The molecule has 3 nitrogen and oxygen atoms in total. The van der Waals surface area contributed by atoms with Gasteiger partial charge in [-0.15, -0.1) is 6.58 Å². The van der Waals surface area contributed by atoms with Crippen molar-refractivity contribution in [2.75, 3.05) is 6.54 Å². The summed E-state index contributed by atoms with van der Waals surface area (Å²) in [5, 5.41) is 1.08. The molecule has 130 valence electrons. The largest absolute Gasteiger partial charge is 0.346 e. The smallest absolute Gasteiger partial charge is 0.137 e. The highest BCUT2D eigenvalue weighted by molar-refractivity contribution is 5.99. The minimum Gasteiger partial charge on any atom is -0.346 e. The lowest BCUT2D eigenvalue weighted by atomic mass is 9.95. The van der Waals surface area contributed by atoms with E-state index in [4.69, 9.17) is 0 Å². The molecule has 2 aromatic heterocycles. The maximum absolute atomic E-state index is 13.5. The van der Waals surface area contributed by atoms with Crippen LogP contribution in [-0.4, -0.2) is 21.4 Å². The van der Waals surface area contributed by atoms with Gasteiger partial charge in [0.25, 0.3) is 0 Å². The Kier molecular flexibility index (Phi) is 4.40. The summed E-state index contributed by atoms with van der Waals surface area (Å²) >= 11 is 0. The van der Waals surface area contributed by atoms with Gasteiger partial charge in [-0.2, -0.15) is 0 Å². The molecule has 1 N–H and O–H groups in total. The van der Waals surface area contributed by atoms with Crippen LogP contribution in [0.25, 0.3) is 22.3 Å². The molecule has 0 unspecified atom stereocenters. The Labute approximate surface area is 152 Å². The van der Waals surface area contributed by atoms with Crippen molar-refractivity contribution in [1.29, 1.82) is 0 Å². The van der Waals surface area contributed by atoms with Crippen LogP contribution in [0.2, 0.25) is 0 Å². The SMILES string of the molecule is C=CCN1C=CCCC(c2ccc(F)cc2)=C1c1ccnc2[nH]ccc12. The van der Waals surface area contributed by atoms with Crippen molar-refractivity contribution >= 4 is 22.3 Å². The van der Waals surface area contributed by atoms with Crippen LogP contribution < -0.4 is 0 Å². The molecule has 0 atom stereocenters. The van der Waals surface area contributed by atoms with Gasteiger partial charge in [-0.1, -0.05) is 24.3 Å². The number of H-pyrrole nitrogens is 1. The van der Waals surface area contributed by atoms with Crippen molar-refractivity contribution in [2.24, 2.45) is 0 Å². The maximum Gasteiger partial charge on any atom is 0.137 e. The molecule has 3 heterocycles. The second-order valence-corrected chi connectivity index (χ2v) is 6.30. The molecule has 1 aliphatic heterocycles. The van der Waals surface area contributed by atoms with E-state index >= 15 is 0 Å². The lowest BCUT2D eigenvalue weighted by Crippen LogP contribution is -2.17. The predicted octanol–water partition coefficient (Wildman–Crippen LogP) is 5.37. The van der Waals surface area contributed by atoms with Gasteiger partial charge < -0.3 is 9.88 Å². The summed E-state index contributed by atoms with van der Waals surface area (Å²) in [6, 6.07) is 10.9. The minimum atomic E-state index is -0.220.